The summed E-state index contributed by atoms with van der Waals surface area (Å²) in [7, 11) is 0. The molecule has 0 atom stereocenters. The predicted octanol–water partition coefficient (Wildman–Crippen LogP) is 5.64. The zero-order chi connectivity index (χ0) is 25.1. The lowest BCUT2D eigenvalue weighted by atomic mass is 10.0. The van der Waals surface area contributed by atoms with Crippen LogP contribution in [0.4, 0.5) is 5.69 Å². The van der Waals surface area contributed by atoms with Crippen LogP contribution in [-0.4, -0.2) is 27.6 Å². The normalized spacial score (nSPS) is 10.7. The third-order valence-corrected chi connectivity index (χ3v) is 5.57. The van der Waals surface area contributed by atoms with Gasteiger partial charge < -0.3 is 15.0 Å². The highest BCUT2D eigenvalue weighted by Gasteiger charge is 2.12. The molecule has 5 rings (SSSR count). The van der Waals surface area contributed by atoms with Gasteiger partial charge in [0, 0.05) is 34.9 Å². The second-order valence-corrected chi connectivity index (χ2v) is 8.16. The average Bonchev–Trinajstić information content (AvgIpc) is 3.33. The van der Waals surface area contributed by atoms with E-state index in [1.54, 1.807) is 54.6 Å². The fraction of sp³-hybridized carbons (Fsp3) is 0.0345. The van der Waals surface area contributed by atoms with Gasteiger partial charge in [-0.25, -0.2) is 4.98 Å². The second kappa shape index (κ2) is 9.68. The van der Waals surface area contributed by atoms with Crippen molar-refractivity contribution in [3.8, 4) is 17.1 Å². The molecule has 1 amide bonds. The third-order valence-electron chi connectivity index (χ3n) is 5.57. The zero-order valence-corrected chi connectivity index (χ0v) is 19.3. The smallest absolute Gasteiger partial charge is 0.308 e. The molecule has 0 radical (unpaired) electrons. The van der Waals surface area contributed by atoms with E-state index in [2.05, 4.69) is 15.3 Å². The number of hydrogen-bond acceptors (Lipinski definition) is 5. The highest BCUT2D eigenvalue weighted by molar-refractivity contribution is 6.10. The first-order chi connectivity index (χ1) is 17.5. The summed E-state index contributed by atoms with van der Waals surface area (Å²) in [5, 5.41) is 2.84. The lowest BCUT2D eigenvalue weighted by Crippen LogP contribution is -2.11. The number of aromatic nitrogens is 2. The number of H-pyrrole nitrogens is 1. The van der Waals surface area contributed by atoms with E-state index in [0.717, 1.165) is 16.6 Å². The van der Waals surface area contributed by atoms with Crippen molar-refractivity contribution < 1.29 is 19.1 Å². The summed E-state index contributed by atoms with van der Waals surface area (Å²) >= 11 is 0. The maximum atomic E-state index is 12.8. The van der Waals surface area contributed by atoms with Crippen LogP contribution in [0.5, 0.6) is 5.75 Å². The van der Waals surface area contributed by atoms with E-state index < -0.39 is 5.97 Å². The number of esters is 1. The minimum absolute atomic E-state index is 0.0465. The van der Waals surface area contributed by atoms with E-state index in [4.69, 9.17) is 4.74 Å². The van der Waals surface area contributed by atoms with Crippen molar-refractivity contribution in [2.45, 2.75) is 6.92 Å². The lowest BCUT2D eigenvalue weighted by molar-refractivity contribution is -0.131. The maximum absolute atomic E-state index is 12.8. The van der Waals surface area contributed by atoms with Gasteiger partial charge in [0.15, 0.2) is 5.78 Å². The van der Waals surface area contributed by atoms with E-state index in [1.165, 1.54) is 6.92 Å². The number of carbonyl (C=O) groups is 3. The van der Waals surface area contributed by atoms with Crippen molar-refractivity contribution >= 4 is 34.4 Å². The van der Waals surface area contributed by atoms with Crippen LogP contribution in [0.3, 0.4) is 0 Å². The highest BCUT2D eigenvalue weighted by atomic mass is 16.5. The fourth-order valence-electron chi connectivity index (χ4n) is 3.80. The van der Waals surface area contributed by atoms with Crippen LogP contribution >= 0.6 is 0 Å². The molecule has 36 heavy (non-hydrogen) atoms. The lowest BCUT2D eigenvalue weighted by Gasteiger charge is -2.07. The predicted molar refractivity (Wildman–Crippen MR) is 137 cm³/mol. The molecule has 5 aromatic rings. The van der Waals surface area contributed by atoms with Gasteiger partial charge in [-0.15, -0.1) is 0 Å². The summed E-state index contributed by atoms with van der Waals surface area (Å²) in [6.07, 6.45) is 0. The number of aromatic amines is 1. The number of imidazole rings is 1. The molecule has 0 aliphatic carbocycles. The van der Waals surface area contributed by atoms with E-state index in [9.17, 15) is 14.4 Å². The number of nitrogens with one attached hydrogen (secondary N) is 2. The Morgan fingerprint density at radius 1 is 0.778 bits per heavy atom. The van der Waals surface area contributed by atoms with Crippen molar-refractivity contribution in [3.63, 3.8) is 0 Å². The Balaban J connectivity index is 1.30. The summed E-state index contributed by atoms with van der Waals surface area (Å²) in [6.45, 7) is 1.32. The van der Waals surface area contributed by atoms with Gasteiger partial charge in [-0.3, -0.25) is 14.4 Å². The minimum Gasteiger partial charge on any atom is -0.427 e. The van der Waals surface area contributed by atoms with Gasteiger partial charge in [-0.05, 0) is 66.7 Å². The van der Waals surface area contributed by atoms with Crippen LogP contribution in [0.15, 0.2) is 97.1 Å². The first kappa shape index (κ1) is 22.7. The monoisotopic (exact) mass is 475 g/mol. The highest BCUT2D eigenvalue weighted by Crippen LogP contribution is 2.24. The van der Waals surface area contributed by atoms with E-state index >= 15 is 0 Å². The Hall–Kier alpha value is -5.04. The molecule has 0 spiro atoms. The van der Waals surface area contributed by atoms with Gasteiger partial charge in [0.25, 0.3) is 5.91 Å². The molecule has 0 fully saturated rings. The number of ether oxygens (including phenoxy) is 1. The minimum atomic E-state index is -0.419. The Labute approximate surface area is 206 Å². The summed E-state index contributed by atoms with van der Waals surface area (Å²) in [6, 6.07) is 28.2. The molecule has 2 N–H and O–H groups in total. The number of ketones is 1. The van der Waals surface area contributed by atoms with Crippen molar-refractivity contribution in [1.82, 2.24) is 9.97 Å². The molecule has 7 nitrogen and oxygen atoms in total. The summed E-state index contributed by atoms with van der Waals surface area (Å²) < 4.78 is 4.99. The van der Waals surface area contributed by atoms with Gasteiger partial charge in [0.05, 0.1) is 11.0 Å². The zero-order valence-electron chi connectivity index (χ0n) is 19.3. The molecule has 0 bridgehead atoms. The molecule has 7 heteroatoms. The van der Waals surface area contributed by atoms with E-state index in [0.29, 0.717) is 34.0 Å². The molecule has 0 unspecified atom stereocenters. The van der Waals surface area contributed by atoms with E-state index in [-0.39, 0.29) is 11.7 Å². The Morgan fingerprint density at radius 2 is 1.47 bits per heavy atom. The number of carbonyl (C=O) groups excluding carboxylic acids is 3. The molecule has 1 aromatic heterocycles. The third kappa shape index (κ3) is 4.90. The van der Waals surface area contributed by atoms with Crippen LogP contribution in [0.1, 0.15) is 33.2 Å². The quantitative estimate of drug-likeness (QED) is 0.188. The molecule has 0 aliphatic heterocycles. The number of benzene rings is 4. The summed E-state index contributed by atoms with van der Waals surface area (Å²) in [4.78, 5) is 44.2. The Kier molecular flexibility index (Phi) is 6.11. The fourth-order valence-corrected chi connectivity index (χ4v) is 3.80. The number of rotatable bonds is 6. The molecule has 0 saturated carbocycles. The Morgan fingerprint density at radius 3 is 2.17 bits per heavy atom. The van der Waals surface area contributed by atoms with Gasteiger partial charge >= 0.3 is 5.97 Å². The van der Waals surface area contributed by atoms with Crippen LogP contribution in [-0.2, 0) is 4.79 Å². The number of amides is 1. The number of nitrogens with zero attached hydrogens (tertiary/aromatic N) is 1. The first-order valence-corrected chi connectivity index (χ1v) is 11.3. The van der Waals surface area contributed by atoms with Crippen molar-refractivity contribution in [1.29, 1.82) is 0 Å². The second-order valence-electron chi connectivity index (χ2n) is 8.16. The van der Waals surface area contributed by atoms with Crippen LogP contribution in [0, 0.1) is 0 Å². The SMILES string of the molecule is CC(=O)Oc1ccc(C(=O)Nc2ccc(-c3nc4ccc(C(=O)c5ccccc5)cc4[nH]3)cc2)cc1. The van der Waals surface area contributed by atoms with Crippen molar-refractivity contribution in [2.24, 2.45) is 0 Å². The number of fused-ring (bicyclic) bond motifs is 1. The van der Waals surface area contributed by atoms with Crippen molar-refractivity contribution in [2.75, 3.05) is 5.32 Å². The maximum Gasteiger partial charge on any atom is 0.308 e. The standard InChI is InChI=1S/C29H21N3O4/c1-18(33)36-24-14-9-21(10-15-24)29(35)30-23-12-7-20(8-13-23)28-31-25-16-11-22(17-26(25)32-28)27(34)19-5-3-2-4-6-19/h2-17H,1H3,(H,30,35)(H,31,32). The topological polar surface area (TPSA) is 101 Å². The number of hydrogen-bond donors (Lipinski definition) is 2. The van der Waals surface area contributed by atoms with Gasteiger partial charge in [-0.1, -0.05) is 30.3 Å². The summed E-state index contributed by atoms with van der Waals surface area (Å²) in [5.74, 6) is 0.295. The molecule has 0 aliphatic rings. The number of anilines is 1. The molecular weight excluding hydrogens is 454 g/mol. The average molecular weight is 476 g/mol. The van der Waals surface area contributed by atoms with Gasteiger partial charge in [0.1, 0.15) is 11.6 Å². The molecule has 176 valence electrons. The Bertz CT molecular complexity index is 1570. The molecule has 0 saturated heterocycles. The van der Waals surface area contributed by atoms with Crippen LogP contribution < -0.4 is 10.1 Å². The molecule has 4 aromatic carbocycles. The van der Waals surface area contributed by atoms with Crippen LogP contribution in [0.25, 0.3) is 22.4 Å². The summed E-state index contributed by atoms with van der Waals surface area (Å²) in [5.41, 5.74) is 4.64. The van der Waals surface area contributed by atoms with Crippen LogP contribution in [0.2, 0.25) is 0 Å². The molecular formula is C29H21N3O4. The first-order valence-electron chi connectivity index (χ1n) is 11.3. The van der Waals surface area contributed by atoms with E-state index in [1.807, 2.05) is 42.5 Å². The van der Waals surface area contributed by atoms with Gasteiger partial charge in [-0.2, -0.15) is 0 Å². The van der Waals surface area contributed by atoms with Crippen molar-refractivity contribution in [3.05, 3.63) is 114 Å². The molecule has 1 heterocycles. The largest absolute Gasteiger partial charge is 0.427 e. The van der Waals surface area contributed by atoms with Gasteiger partial charge in [0.2, 0.25) is 0 Å².